The Morgan fingerprint density at radius 1 is 1.10 bits per heavy atom. The summed E-state index contributed by atoms with van der Waals surface area (Å²) in [6.45, 7) is 3.87. The van der Waals surface area contributed by atoms with Crippen LogP contribution < -0.4 is 4.74 Å². The van der Waals surface area contributed by atoms with Crippen LogP contribution in [0, 0.1) is 17.1 Å². The lowest BCUT2D eigenvalue weighted by Crippen LogP contribution is -2.35. The number of hydrogen-bond donors (Lipinski definition) is 1. The standard InChI is InChI=1S/C31H30FN5O4/c32-25-6-8-26(35-30(25)41-19-21-3-1-20(16-33)2-4-21)22-9-12-36(13-10-22)18-29-34-27-7-5-23(31(38)39)15-28(27)37(29)17-24-11-14-40-24/h1-8,15,22,24H,9-14,17-19H2,(H,38,39)/t24-/m0/s1. The Labute approximate surface area is 236 Å². The summed E-state index contributed by atoms with van der Waals surface area (Å²) in [5, 5.41) is 18.4. The maximum atomic E-state index is 14.5. The predicted molar refractivity (Wildman–Crippen MR) is 148 cm³/mol. The van der Waals surface area contributed by atoms with E-state index in [1.54, 1.807) is 48.5 Å². The molecule has 0 bridgehead atoms. The second-order valence-electron chi connectivity index (χ2n) is 10.6. The van der Waals surface area contributed by atoms with Gasteiger partial charge in [-0.25, -0.2) is 19.2 Å². The molecule has 0 saturated carbocycles. The first-order chi connectivity index (χ1) is 20.0. The van der Waals surface area contributed by atoms with Crippen molar-refractivity contribution in [3.63, 3.8) is 0 Å². The van der Waals surface area contributed by atoms with Crippen LogP contribution in [-0.4, -0.2) is 56.3 Å². The third-order valence-electron chi connectivity index (χ3n) is 7.92. The second kappa shape index (κ2) is 11.6. The number of ether oxygens (including phenoxy) is 2. The molecule has 4 aromatic rings. The Kier molecular flexibility index (Phi) is 7.63. The first-order valence-electron chi connectivity index (χ1n) is 13.8. The number of benzene rings is 2. The normalized spacial score (nSPS) is 17.7. The number of halogens is 1. The number of likely N-dealkylation sites (tertiary alicyclic amines) is 1. The summed E-state index contributed by atoms with van der Waals surface area (Å²) < 4.78 is 28.0. The fourth-order valence-corrected chi connectivity index (χ4v) is 5.44. The molecule has 2 aliphatic heterocycles. The van der Waals surface area contributed by atoms with Crippen molar-refractivity contribution in [3.05, 3.63) is 88.6 Å². The molecule has 1 N–H and O–H groups in total. The maximum Gasteiger partial charge on any atom is 0.335 e. The van der Waals surface area contributed by atoms with E-state index in [0.29, 0.717) is 18.7 Å². The van der Waals surface area contributed by atoms with E-state index in [1.807, 2.05) is 0 Å². The number of hydrogen-bond acceptors (Lipinski definition) is 7. The number of aromatic carboxylic acids is 1. The lowest BCUT2D eigenvalue weighted by molar-refractivity contribution is -0.0592. The molecule has 2 aromatic carbocycles. The van der Waals surface area contributed by atoms with E-state index in [0.717, 1.165) is 67.1 Å². The van der Waals surface area contributed by atoms with Gasteiger partial charge in [-0.2, -0.15) is 5.26 Å². The molecule has 210 valence electrons. The highest BCUT2D eigenvalue weighted by Crippen LogP contribution is 2.30. The van der Waals surface area contributed by atoms with Gasteiger partial charge in [-0.3, -0.25) is 4.90 Å². The summed E-state index contributed by atoms with van der Waals surface area (Å²) in [6, 6.07) is 17.3. The van der Waals surface area contributed by atoms with Gasteiger partial charge in [0, 0.05) is 18.2 Å². The minimum atomic E-state index is -0.958. The van der Waals surface area contributed by atoms with E-state index in [9.17, 15) is 14.3 Å². The zero-order valence-corrected chi connectivity index (χ0v) is 22.5. The average molecular weight is 556 g/mol. The van der Waals surface area contributed by atoms with Gasteiger partial charge in [-0.05, 0) is 80.4 Å². The molecule has 2 saturated heterocycles. The molecule has 4 heterocycles. The van der Waals surface area contributed by atoms with Crippen molar-refractivity contribution in [2.75, 3.05) is 19.7 Å². The highest BCUT2D eigenvalue weighted by atomic mass is 19.1. The van der Waals surface area contributed by atoms with Gasteiger partial charge in [0.25, 0.3) is 5.88 Å². The van der Waals surface area contributed by atoms with Crippen molar-refractivity contribution in [2.45, 2.75) is 51.0 Å². The van der Waals surface area contributed by atoms with E-state index in [1.165, 1.54) is 6.07 Å². The summed E-state index contributed by atoms with van der Waals surface area (Å²) in [5.41, 5.74) is 4.04. The van der Waals surface area contributed by atoms with Gasteiger partial charge in [0.1, 0.15) is 12.4 Å². The Hall–Kier alpha value is -4.33. The molecule has 0 spiro atoms. The predicted octanol–water partition coefficient (Wildman–Crippen LogP) is 4.89. The molecular weight excluding hydrogens is 525 g/mol. The molecule has 0 amide bonds. The number of aromatic nitrogens is 3. The maximum absolute atomic E-state index is 14.5. The van der Waals surface area contributed by atoms with Crippen LogP contribution in [0.1, 0.15) is 58.2 Å². The zero-order chi connectivity index (χ0) is 28.3. The molecule has 2 aliphatic rings. The minimum absolute atomic E-state index is 0.0121. The first-order valence-corrected chi connectivity index (χ1v) is 13.8. The molecule has 2 fully saturated rings. The van der Waals surface area contributed by atoms with Gasteiger partial charge in [-0.1, -0.05) is 12.1 Å². The quantitative estimate of drug-likeness (QED) is 0.311. The lowest BCUT2D eigenvalue weighted by Gasteiger charge is -2.32. The number of fused-ring (bicyclic) bond motifs is 1. The summed E-state index contributed by atoms with van der Waals surface area (Å²) >= 11 is 0. The van der Waals surface area contributed by atoms with Gasteiger partial charge < -0.3 is 19.1 Å². The van der Waals surface area contributed by atoms with Crippen molar-refractivity contribution in [2.24, 2.45) is 0 Å². The Morgan fingerprint density at radius 3 is 2.56 bits per heavy atom. The monoisotopic (exact) mass is 555 g/mol. The van der Waals surface area contributed by atoms with Crippen LogP contribution >= 0.6 is 0 Å². The van der Waals surface area contributed by atoms with Crippen molar-refractivity contribution >= 4 is 17.0 Å². The van der Waals surface area contributed by atoms with Gasteiger partial charge in [-0.15, -0.1) is 0 Å². The average Bonchev–Trinajstić information content (AvgIpc) is 3.31. The molecule has 0 aliphatic carbocycles. The minimum Gasteiger partial charge on any atom is -0.478 e. The second-order valence-corrected chi connectivity index (χ2v) is 10.6. The van der Waals surface area contributed by atoms with E-state index in [4.69, 9.17) is 19.7 Å². The van der Waals surface area contributed by atoms with Crippen LogP contribution in [0.4, 0.5) is 4.39 Å². The van der Waals surface area contributed by atoms with Crippen LogP contribution in [0.15, 0.2) is 54.6 Å². The van der Waals surface area contributed by atoms with Crippen molar-refractivity contribution in [1.82, 2.24) is 19.4 Å². The van der Waals surface area contributed by atoms with Crippen LogP contribution in [0.25, 0.3) is 11.0 Å². The molecule has 0 radical (unpaired) electrons. The number of carboxylic acid groups (broad SMARTS) is 1. The molecule has 1 atom stereocenters. The highest BCUT2D eigenvalue weighted by molar-refractivity contribution is 5.92. The summed E-state index contributed by atoms with van der Waals surface area (Å²) in [4.78, 5) is 23.3. The molecule has 2 aromatic heterocycles. The third-order valence-corrected chi connectivity index (χ3v) is 7.92. The highest BCUT2D eigenvalue weighted by Gasteiger charge is 2.26. The number of carboxylic acids is 1. The first kappa shape index (κ1) is 26.9. The van der Waals surface area contributed by atoms with Crippen LogP contribution in [0.3, 0.4) is 0 Å². The molecule has 9 nitrogen and oxygen atoms in total. The van der Waals surface area contributed by atoms with Crippen LogP contribution in [0.5, 0.6) is 5.88 Å². The number of imidazole rings is 1. The van der Waals surface area contributed by atoms with Gasteiger partial charge in [0.15, 0.2) is 5.82 Å². The van der Waals surface area contributed by atoms with E-state index < -0.39 is 11.8 Å². The topological polar surface area (TPSA) is 114 Å². The number of nitriles is 1. The molecule has 10 heteroatoms. The van der Waals surface area contributed by atoms with Crippen LogP contribution in [-0.2, 0) is 24.4 Å². The molecule has 6 rings (SSSR count). The molecular formula is C31H30FN5O4. The SMILES string of the molecule is N#Cc1ccc(COc2nc(C3CCN(Cc4nc5ccc(C(=O)O)cc5n4C[C@@H]4CCO4)CC3)ccc2F)cc1. The van der Waals surface area contributed by atoms with Crippen LogP contribution in [0.2, 0.25) is 0 Å². The van der Waals surface area contributed by atoms with Crippen molar-refractivity contribution in [1.29, 1.82) is 5.26 Å². The fraction of sp³-hybridized carbons (Fsp3) is 0.355. The number of nitrogens with zero attached hydrogens (tertiary/aromatic N) is 5. The van der Waals surface area contributed by atoms with E-state index in [2.05, 4.69) is 20.5 Å². The summed E-state index contributed by atoms with van der Waals surface area (Å²) in [7, 11) is 0. The van der Waals surface area contributed by atoms with Gasteiger partial charge >= 0.3 is 5.97 Å². The van der Waals surface area contributed by atoms with Crippen molar-refractivity contribution < 1.29 is 23.8 Å². The summed E-state index contributed by atoms with van der Waals surface area (Å²) in [6.07, 6.45) is 2.82. The number of rotatable bonds is 9. The number of carbonyl (C=O) groups is 1. The number of pyridine rings is 1. The lowest BCUT2D eigenvalue weighted by atomic mass is 9.93. The van der Waals surface area contributed by atoms with E-state index >= 15 is 0 Å². The smallest absolute Gasteiger partial charge is 0.335 e. The third kappa shape index (κ3) is 5.92. The van der Waals surface area contributed by atoms with Gasteiger partial charge in [0.2, 0.25) is 0 Å². The Morgan fingerprint density at radius 2 is 1.88 bits per heavy atom. The molecule has 0 unspecified atom stereocenters. The summed E-state index contributed by atoms with van der Waals surface area (Å²) in [5.74, 6) is -0.387. The molecule has 41 heavy (non-hydrogen) atoms. The van der Waals surface area contributed by atoms with E-state index in [-0.39, 0.29) is 30.1 Å². The van der Waals surface area contributed by atoms with Crippen molar-refractivity contribution in [3.8, 4) is 11.9 Å². The Bertz CT molecular complexity index is 1600. The Balaban J connectivity index is 1.11. The van der Waals surface area contributed by atoms with Gasteiger partial charge in [0.05, 0.1) is 47.4 Å². The largest absolute Gasteiger partial charge is 0.478 e. The fourth-order valence-electron chi connectivity index (χ4n) is 5.44. The number of piperidine rings is 1. The zero-order valence-electron chi connectivity index (χ0n) is 22.5.